The van der Waals surface area contributed by atoms with Crippen molar-refractivity contribution in [1.29, 1.82) is 0 Å². The molecule has 1 N–H and O–H groups in total. The average molecular weight is 496 g/mol. The summed E-state index contributed by atoms with van der Waals surface area (Å²) >= 11 is 0. The van der Waals surface area contributed by atoms with Gasteiger partial charge in [-0.15, -0.1) is 0 Å². The van der Waals surface area contributed by atoms with Crippen LogP contribution < -0.4 is 10.2 Å². The fourth-order valence-corrected chi connectivity index (χ4v) is 4.61. The molecule has 2 aliphatic rings. The van der Waals surface area contributed by atoms with E-state index in [1.54, 1.807) is 11.8 Å². The molecule has 1 aromatic carbocycles. The number of hydrogen-bond donors (Lipinski definition) is 1. The zero-order valence-electron chi connectivity index (χ0n) is 20.9. The summed E-state index contributed by atoms with van der Waals surface area (Å²) < 4.78 is 10.1. The van der Waals surface area contributed by atoms with Crippen molar-refractivity contribution in [3.05, 3.63) is 41.6 Å². The van der Waals surface area contributed by atoms with E-state index in [0.29, 0.717) is 57.9 Å². The average Bonchev–Trinajstić information content (AvgIpc) is 2.91. The normalized spacial score (nSPS) is 15.7. The molecule has 0 atom stereocenters. The fraction of sp³-hybridized carbons (Fsp3) is 0.500. The Balaban J connectivity index is 1.57. The molecule has 36 heavy (non-hydrogen) atoms. The van der Waals surface area contributed by atoms with Gasteiger partial charge < -0.3 is 24.6 Å². The first-order valence-electron chi connectivity index (χ1n) is 12.5. The molecule has 0 saturated carbocycles. The van der Waals surface area contributed by atoms with Gasteiger partial charge in [0.15, 0.2) is 5.82 Å². The molecule has 1 saturated heterocycles. The van der Waals surface area contributed by atoms with Crippen LogP contribution in [0.3, 0.4) is 0 Å². The lowest BCUT2D eigenvalue weighted by Crippen LogP contribution is -2.45. The molecule has 0 radical (unpaired) electrons. The largest absolute Gasteiger partial charge is 0.466 e. The Bertz CT molecular complexity index is 1090. The smallest absolute Gasteiger partial charge is 0.325 e. The number of hydrogen-bond acceptors (Lipinski definition) is 8. The highest BCUT2D eigenvalue weighted by Crippen LogP contribution is 2.32. The first kappa shape index (κ1) is 25.4. The molecule has 0 unspecified atom stereocenters. The molecule has 2 aromatic rings. The van der Waals surface area contributed by atoms with E-state index < -0.39 is 5.97 Å². The summed E-state index contributed by atoms with van der Waals surface area (Å²) in [7, 11) is 0. The lowest BCUT2D eigenvalue weighted by molar-refractivity contribution is -0.148. The number of fused-ring (bicyclic) bond motifs is 1. The number of piperidine rings is 1. The molecule has 0 spiro atoms. The lowest BCUT2D eigenvalue weighted by Gasteiger charge is -2.36. The third-order valence-electron chi connectivity index (χ3n) is 6.46. The van der Waals surface area contributed by atoms with Gasteiger partial charge in [-0.3, -0.25) is 9.59 Å². The number of carbonyl (C=O) groups is 3. The Morgan fingerprint density at radius 3 is 2.42 bits per heavy atom. The van der Waals surface area contributed by atoms with Crippen LogP contribution >= 0.6 is 0 Å². The van der Waals surface area contributed by atoms with Crippen molar-refractivity contribution in [3.8, 4) is 11.4 Å². The summed E-state index contributed by atoms with van der Waals surface area (Å²) in [5, 5.41) is 2.64. The van der Waals surface area contributed by atoms with Crippen LogP contribution in [-0.4, -0.2) is 72.2 Å². The minimum atomic E-state index is -0.468. The zero-order chi connectivity index (χ0) is 25.5. The first-order chi connectivity index (χ1) is 17.5. The number of urea groups is 1. The second-order valence-electron chi connectivity index (χ2n) is 8.81. The molecule has 2 amide bonds. The fourth-order valence-electron chi connectivity index (χ4n) is 4.61. The van der Waals surface area contributed by atoms with E-state index in [1.807, 2.05) is 37.3 Å². The number of anilines is 1. The van der Waals surface area contributed by atoms with Crippen molar-refractivity contribution in [2.45, 2.75) is 39.7 Å². The minimum absolute atomic E-state index is 0.113. The molecule has 10 nitrogen and oxygen atoms in total. The highest BCUT2D eigenvalue weighted by atomic mass is 16.5. The topological polar surface area (TPSA) is 114 Å². The van der Waals surface area contributed by atoms with Gasteiger partial charge in [0.25, 0.3) is 0 Å². The predicted octanol–water partition coefficient (Wildman–Crippen LogP) is 2.55. The summed E-state index contributed by atoms with van der Waals surface area (Å²) in [6.07, 6.45) is 1.95. The monoisotopic (exact) mass is 495 g/mol. The Kier molecular flexibility index (Phi) is 8.35. The summed E-state index contributed by atoms with van der Waals surface area (Å²) in [6.45, 7) is 6.17. The maximum Gasteiger partial charge on any atom is 0.325 e. The van der Waals surface area contributed by atoms with E-state index >= 15 is 0 Å². The van der Waals surface area contributed by atoms with Crippen LogP contribution in [0.1, 0.15) is 37.9 Å². The van der Waals surface area contributed by atoms with E-state index in [9.17, 15) is 14.4 Å². The molecule has 0 aliphatic carbocycles. The summed E-state index contributed by atoms with van der Waals surface area (Å²) in [5.41, 5.74) is 2.75. The molecular formula is C26H33N5O5. The van der Waals surface area contributed by atoms with Crippen LogP contribution in [0.5, 0.6) is 0 Å². The van der Waals surface area contributed by atoms with Crippen molar-refractivity contribution in [3.63, 3.8) is 0 Å². The Labute approximate surface area is 211 Å². The first-order valence-corrected chi connectivity index (χ1v) is 12.5. The van der Waals surface area contributed by atoms with Crippen LogP contribution in [0, 0.1) is 5.92 Å². The van der Waals surface area contributed by atoms with Gasteiger partial charge in [-0.25, -0.2) is 14.8 Å². The van der Waals surface area contributed by atoms with Gasteiger partial charge in [-0.2, -0.15) is 0 Å². The number of amides is 2. The molecule has 1 fully saturated rings. The van der Waals surface area contributed by atoms with Crippen molar-refractivity contribution < 1.29 is 23.9 Å². The molecule has 192 valence electrons. The van der Waals surface area contributed by atoms with Gasteiger partial charge in [-0.1, -0.05) is 30.3 Å². The summed E-state index contributed by atoms with van der Waals surface area (Å²) in [4.78, 5) is 50.3. The molecule has 0 bridgehead atoms. The minimum Gasteiger partial charge on any atom is -0.466 e. The number of esters is 2. The summed E-state index contributed by atoms with van der Waals surface area (Å²) in [6, 6.07) is 9.51. The van der Waals surface area contributed by atoms with Gasteiger partial charge in [-0.05, 0) is 26.7 Å². The van der Waals surface area contributed by atoms with Crippen LogP contribution in [0.4, 0.5) is 10.6 Å². The van der Waals surface area contributed by atoms with Gasteiger partial charge in [0.05, 0.1) is 31.4 Å². The Morgan fingerprint density at radius 2 is 1.72 bits per heavy atom. The molecule has 1 aromatic heterocycles. The number of benzene rings is 1. The van der Waals surface area contributed by atoms with Crippen molar-refractivity contribution in [1.82, 2.24) is 20.2 Å². The number of ether oxygens (including phenoxy) is 2. The molecule has 4 rings (SSSR count). The number of nitrogens with one attached hydrogen (secondary N) is 1. The van der Waals surface area contributed by atoms with Gasteiger partial charge in [0, 0.05) is 37.2 Å². The van der Waals surface area contributed by atoms with Crippen LogP contribution in [0.2, 0.25) is 0 Å². The molecular weight excluding hydrogens is 462 g/mol. The maximum atomic E-state index is 12.8. The molecule has 3 heterocycles. The van der Waals surface area contributed by atoms with Gasteiger partial charge in [0.1, 0.15) is 12.4 Å². The van der Waals surface area contributed by atoms with E-state index in [0.717, 1.165) is 22.6 Å². The highest BCUT2D eigenvalue weighted by Gasteiger charge is 2.31. The van der Waals surface area contributed by atoms with Gasteiger partial charge >= 0.3 is 18.0 Å². The highest BCUT2D eigenvalue weighted by molar-refractivity contribution is 5.81. The van der Waals surface area contributed by atoms with E-state index in [-0.39, 0.29) is 31.1 Å². The number of aromatic nitrogens is 2. The predicted molar refractivity (Wildman–Crippen MR) is 133 cm³/mol. The number of nitrogens with zero attached hydrogens (tertiary/aromatic N) is 4. The SMILES string of the molecule is CCOC(=O)CNC(=O)N1CCc2nc(-c3ccccc3)nc(N3CCC(C(=O)OCC)CC3)c2C1. The van der Waals surface area contributed by atoms with Crippen LogP contribution in [0.25, 0.3) is 11.4 Å². The lowest BCUT2D eigenvalue weighted by atomic mass is 9.96. The third kappa shape index (κ3) is 5.92. The zero-order valence-corrected chi connectivity index (χ0v) is 20.9. The number of rotatable bonds is 7. The van der Waals surface area contributed by atoms with Crippen molar-refractivity contribution in [2.75, 3.05) is 44.3 Å². The van der Waals surface area contributed by atoms with Crippen molar-refractivity contribution >= 4 is 23.8 Å². The Hall–Kier alpha value is -3.69. The van der Waals surface area contributed by atoms with Gasteiger partial charge in [0.2, 0.25) is 0 Å². The van der Waals surface area contributed by atoms with E-state index in [4.69, 9.17) is 19.4 Å². The second kappa shape index (κ2) is 11.8. The second-order valence-corrected chi connectivity index (χ2v) is 8.81. The third-order valence-corrected chi connectivity index (χ3v) is 6.46. The van der Waals surface area contributed by atoms with Crippen LogP contribution in [0.15, 0.2) is 30.3 Å². The molecule has 10 heteroatoms. The maximum absolute atomic E-state index is 12.8. The van der Waals surface area contributed by atoms with E-state index in [2.05, 4.69) is 10.2 Å². The van der Waals surface area contributed by atoms with Crippen molar-refractivity contribution in [2.24, 2.45) is 5.92 Å². The quantitative estimate of drug-likeness (QED) is 0.583. The summed E-state index contributed by atoms with van der Waals surface area (Å²) in [5.74, 6) is 0.722. The van der Waals surface area contributed by atoms with E-state index in [1.165, 1.54) is 0 Å². The standard InChI is InChI=1S/C26H33N5O5/c1-3-35-22(32)16-27-26(34)31-15-12-21-20(17-31)24(29-23(28-21)18-8-6-5-7-9-18)30-13-10-19(11-14-30)25(33)36-4-2/h5-9,19H,3-4,10-17H2,1-2H3,(H,27,34). The van der Waals surface area contributed by atoms with Crippen LogP contribution in [-0.2, 0) is 32.0 Å². The Morgan fingerprint density at radius 1 is 1.00 bits per heavy atom. The molecule has 2 aliphatic heterocycles. The number of carbonyl (C=O) groups excluding carboxylic acids is 3.